The standard InChI is InChI=1S/C31H34BF2N3/c1-30(2,3)19-13-14-27-23(15-19)24-16-20(31(4,5)6)17-25(29(24)37(27)32(33)34)28-22-12-10-9-11-21(22)26(35-28)18-36(7)8/h9-18H,1-8H3/b26-18-. The molecule has 0 saturated heterocycles. The summed E-state index contributed by atoms with van der Waals surface area (Å²) in [6.07, 6.45) is 1.98. The van der Waals surface area contributed by atoms with Crippen molar-refractivity contribution in [3.8, 4) is 0 Å². The van der Waals surface area contributed by atoms with Crippen LogP contribution in [0.3, 0.4) is 0 Å². The minimum absolute atomic E-state index is 0.0989. The van der Waals surface area contributed by atoms with Crippen LogP contribution in [0.2, 0.25) is 0 Å². The molecule has 0 saturated carbocycles. The average molecular weight is 497 g/mol. The molecule has 0 unspecified atom stereocenters. The minimum Gasteiger partial charge on any atom is -0.382 e. The van der Waals surface area contributed by atoms with Gasteiger partial charge in [-0.15, -0.1) is 0 Å². The lowest BCUT2D eigenvalue weighted by atomic mass is 9.83. The molecule has 0 bridgehead atoms. The molecule has 190 valence electrons. The Hall–Kier alpha value is -3.41. The van der Waals surface area contributed by atoms with E-state index in [9.17, 15) is 8.63 Å². The van der Waals surface area contributed by atoms with E-state index in [4.69, 9.17) is 4.99 Å². The Labute approximate surface area is 218 Å². The molecule has 0 N–H and O–H groups in total. The van der Waals surface area contributed by atoms with Crippen molar-refractivity contribution in [2.24, 2.45) is 4.99 Å². The van der Waals surface area contributed by atoms with Crippen molar-refractivity contribution in [2.45, 2.75) is 52.4 Å². The molecule has 0 spiro atoms. The van der Waals surface area contributed by atoms with Gasteiger partial charge in [-0.2, -0.15) is 0 Å². The van der Waals surface area contributed by atoms with Gasteiger partial charge < -0.3 is 9.38 Å². The summed E-state index contributed by atoms with van der Waals surface area (Å²) in [5.41, 5.74) is 7.30. The highest BCUT2D eigenvalue weighted by Crippen LogP contribution is 2.41. The lowest BCUT2D eigenvalue weighted by Crippen LogP contribution is -2.17. The highest BCUT2D eigenvalue weighted by atomic mass is 19.2. The number of hydrogen-bond donors (Lipinski definition) is 0. The number of nitrogens with zero attached hydrogens (tertiary/aromatic N) is 3. The third kappa shape index (κ3) is 4.26. The maximum absolute atomic E-state index is 14.8. The molecular weight excluding hydrogens is 463 g/mol. The van der Waals surface area contributed by atoms with Crippen LogP contribution >= 0.6 is 0 Å². The molecule has 6 heteroatoms. The summed E-state index contributed by atoms with van der Waals surface area (Å²) in [5.74, 6) is 0. The number of halogens is 2. The number of aliphatic imine (C=N–C) groups is 1. The highest BCUT2D eigenvalue weighted by molar-refractivity contribution is 6.46. The molecule has 5 rings (SSSR count). The van der Waals surface area contributed by atoms with Crippen LogP contribution in [0.25, 0.3) is 27.5 Å². The molecule has 2 heterocycles. The number of benzene rings is 3. The Morgan fingerprint density at radius 1 is 0.784 bits per heavy atom. The van der Waals surface area contributed by atoms with Gasteiger partial charge in [-0.3, -0.25) is 8.63 Å². The molecule has 0 fully saturated rings. The highest BCUT2D eigenvalue weighted by Gasteiger charge is 2.31. The number of aromatic nitrogens is 1. The van der Waals surface area contributed by atoms with Gasteiger partial charge in [0, 0.05) is 53.3 Å². The zero-order valence-corrected chi connectivity index (χ0v) is 22.9. The van der Waals surface area contributed by atoms with Crippen molar-refractivity contribution in [1.82, 2.24) is 9.38 Å². The van der Waals surface area contributed by atoms with Crippen molar-refractivity contribution in [3.05, 3.63) is 88.6 Å². The molecule has 0 radical (unpaired) electrons. The molecule has 4 aromatic rings. The summed E-state index contributed by atoms with van der Waals surface area (Å²) < 4.78 is 30.9. The first-order chi connectivity index (χ1) is 17.3. The Balaban J connectivity index is 1.95. The summed E-state index contributed by atoms with van der Waals surface area (Å²) in [4.78, 5) is 7.01. The Bertz CT molecular complexity index is 1600. The second-order valence-corrected chi connectivity index (χ2v) is 12.3. The van der Waals surface area contributed by atoms with Crippen LogP contribution in [0.5, 0.6) is 0 Å². The van der Waals surface area contributed by atoms with E-state index in [0.717, 1.165) is 50.0 Å². The van der Waals surface area contributed by atoms with Crippen molar-refractivity contribution < 1.29 is 8.63 Å². The van der Waals surface area contributed by atoms with Gasteiger partial charge in [0.25, 0.3) is 0 Å². The molecular formula is C31H34BF2N3. The van der Waals surface area contributed by atoms with Crippen LogP contribution in [0.15, 0.2) is 65.8 Å². The van der Waals surface area contributed by atoms with Gasteiger partial charge in [-0.1, -0.05) is 71.9 Å². The average Bonchev–Trinajstić information content (AvgIpc) is 3.32. The molecule has 3 aromatic carbocycles. The van der Waals surface area contributed by atoms with E-state index in [0.29, 0.717) is 11.0 Å². The lowest BCUT2D eigenvalue weighted by molar-refractivity contribution is 0.565. The van der Waals surface area contributed by atoms with Crippen LogP contribution < -0.4 is 0 Å². The van der Waals surface area contributed by atoms with Crippen LogP contribution in [0, 0.1) is 0 Å². The molecule has 1 aromatic heterocycles. The molecule has 1 aliphatic heterocycles. The van der Waals surface area contributed by atoms with Crippen molar-refractivity contribution in [2.75, 3.05) is 14.1 Å². The fraction of sp³-hybridized carbons (Fsp3) is 0.323. The fourth-order valence-electron chi connectivity index (χ4n) is 5.17. The third-order valence-electron chi connectivity index (χ3n) is 7.15. The van der Waals surface area contributed by atoms with Crippen molar-refractivity contribution in [3.63, 3.8) is 0 Å². The first kappa shape index (κ1) is 25.3. The van der Waals surface area contributed by atoms with E-state index in [2.05, 4.69) is 59.7 Å². The predicted molar refractivity (Wildman–Crippen MR) is 154 cm³/mol. The second kappa shape index (κ2) is 8.58. The monoisotopic (exact) mass is 497 g/mol. The van der Waals surface area contributed by atoms with E-state index in [-0.39, 0.29) is 10.8 Å². The van der Waals surface area contributed by atoms with Gasteiger partial charge in [-0.25, -0.2) is 4.99 Å². The quantitative estimate of drug-likeness (QED) is 0.264. The molecule has 3 nitrogen and oxygen atoms in total. The zero-order valence-electron chi connectivity index (χ0n) is 22.9. The molecule has 0 atom stereocenters. The van der Waals surface area contributed by atoms with Crippen LogP contribution in [-0.2, 0) is 10.8 Å². The van der Waals surface area contributed by atoms with Gasteiger partial charge in [0.2, 0.25) is 0 Å². The van der Waals surface area contributed by atoms with Gasteiger partial charge in [0.05, 0.1) is 16.9 Å². The van der Waals surface area contributed by atoms with E-state index < -0.39 is 7.40 Å². The number of hydrogen-bond acceptors (Lipinski definition) is 2. The molecule has 1 aliphatic rings. The van der Waals surface area contributed by atoms with Crippen LogP contribution in [0.4, 0.5) is 8.63 Å². The first-order valence-electron chi connectivity index (χ1n) is 12.8. The Morgan fingerprint density at radius 2 is 1.41 bits per heavy atom. The van der Waals surface area contributed by atoms with E-state index in [1.807, 2.05) is 61.6 Å². The fourth-order valence-corrected chi connectivity index (χ4v) is 5.17. The summed E-state index contributed by atoms with van der Waals surface area (Å²) in [7, 11) is 1.24. The smallest absolute Gasteiger partial charge is 0.382 e. The normalized spacial score (nSPS) is 15.0. The predicted octanol–water partition coefficient (Wildman–Crippen LogP) is 7.87. The van der Waals surface area contributed by atoms with Crippen LogP contribution in [0.1, 0.15) is 69.4 Å². The van der Waals surface area contributed by atoms with Gasteiger partial charge >= 0.3 is 7.40 Å². The lowest BCUT2D eigenvalue weighted by Gasteiger charge is -2.21. The van der Waals surface area contributed by atoms with Crippen molar-refractivity contribution >= 4 is 40.6 Å². The third-order valence-corrected chi connectivity index (χ3v) is 7.15. The molecule has 0 amide bonds. The summed E-state index contributed by atoms with van der Waals surface area (Å²) >= 11 is 0. The largest absolute Gasteiger partial charge is 0.678 e. The number of rotatable bonds is 3. The second-order valence-electron chi connectivity index (χ2n) is 12.3. The number of fused-ring (bicyclic) bond motifs is 4. The maximum Gasteiger partial charge on any atom is 0.678 e. The Kier molecular flexibility index (Phi) is 5.85. The van der Waals surface area contributed by atoms with Crippen molar-refractivity contribution in [1.29, 1.82) is 0 Å². The van der Waals surface area contributed by atoms with E-state index in [1.54, 1.807) is 0 Å². The van der Waals surface area contributed by atoms with Gasteiger partial charge in [0.1, 0.15) is 0 Å². The summed E-state index contributed by atoms with van der Waals surface area (Å²) in [5, 5.41) is 1.69. The first-order valence-corrected chi connectivity index (χ1v) is 12.8. The van der Waals surface area contributed by atoms with Crippen LogP contribution in [-0.4, -0.2) is 36.6 Å². The Morgan fingerprint density at radius 3 is 2.00 bits per heavy atom. The van der Waals surface area contributed by atoms with E-state index in [1.165, 1.54) is 4.48 Å². The van der Waals surface area contributed by atoms with Gasteiger partial charge in [-0.05, 0) is 46.2 Å². The zero-order chi connectivity index (χ0) is 26.9. The molecule has 37 heavy (non-hydrogen) atoms. The topological polar surface area (TPSA) is 20.5 Å². The van der Waals surface area contributed by atoms with Gasteiger partial charge in [0.15, 0.2) is 0 Å². The minimum atomic E-state index is -2.69. The SMILES string of the molecule is CN(C)/C=C1\N=C(c2cc(C(C)(C)C)cc3c4cc(C(C)(C)C)ccc4n(B(F)F)c23)c2ccccc21. The maximum atomic E-state index is 14.8. The summed E-state index contributed by atoms with van der Waals surface area (Å²) in [6, 6.07) is 18.1. The molecule has 0 aliphatic carbocycles. The van der Waals surface area contributed by atoms with E-state index >= 15 is 0 Å². The summed E-state index contributed by atoms with van der Waals surface area (Å²) in [6.45, 7) is 12.9.